The summed E-state index contributed by atoms with van der Waals surface area (Å²) < 4.78 is 27.5. The van der Waals surface area contributed by atoms with Crippen LogP contribution in [0.2, 0.25) is 0 Å². The highest BCUT2D eigenvalue weighted by molar-refractivity contribution is 7.89. The summed E-state index contributed by atoms with van der Waals surface area (Å²) in [5.41, 5.74) is 1.65. The lowest BCUT2D eigenvalue weighted by Gasteiger charge is -2.09. The highest BCUT2D eigenvalue weighted by Gasteiger charge is 2.16. The van der Waals surface area contributed by atoms with Crippen LogP contribution >= 0.6 is 0 Å². The van der Waals surface area contributed by atoms with E-state index in [1.807, 2.05) is 6.07 Å². The van der Waals surface area contributed by atoms with E-state index in [-0.39, 0.29) is 22.9 Å². The monoisotopic (exact) mass is 367 g/mol. The fraction of sp³-hybridized carbons (Fsp3) is 0.0526. The van der Waals surface area contributed by atoms with Gasteiger partial charge in [-0.1, -0.05) is 30.3 Å². The Bertz CT molecular complexity index is 991. The first-order valence-corrected chi connectivity index (χ1v) is 9.38. The molecule has 26 heavy (non-hydrogen) atoms. The zero-order valence-electron chi connectivity index (χ0n) is 13.8. The Balaban J connectivity index is 1.74. The van der Waals surface area contributed by atoms with Crippen molar-refractivity contribution < 1.29 is 13.2 Å². The average molecular weight is 367 g/mol. The molecule has 0 fully saturated rings. The third kappa shape index (κ3) is 4.53. The van der Waals surface area contributed by atoms with Crippen LogP contribution in [-0.4, -0.2) is 19.3 Å². The number of amides is 1. The molecule has 0 spiro atoms. The van der Waals surface area contributed by atoms with Gasteiger partial charge in [-0.2, -0.15) is 0 Å². The molecule has 132 valence electrons. The van der Waals surface area contributed by atoms with Gasteiger partial charge in [0, 0.05) is 30.2 Å². The first-order valence-electron chi connectivity index (χ1n) is 7.90. The standard InChI is InChI=1S/C19H17N3O3S/c23-19(22-17-8-2-1-3-9-17)16-7-4-10-18(12-16)26(24,25)21-14-15-6-5-11-20-13-15/h1-13,21H,14H2,(H,22,23). The Morgan fingerprint density at radius 3 is 2.50 bits per heavy atom. The molecular weight excluding hydrogens is 350 g/mol. The minimum atomic E-state index is -3.75. The third-order valence-electron chi connectivity index (χ3n) is 3.63. The normalized spacial score (nSPS) is 11.1. The SMILES string of the molecule is O=C(Nc1ccccc1)c1cccc(S(=O)(=O)NCc2cccnc2)c1. The van der Waals surface area contributed by atoms with Gasteiger partial charge in [0.1, 0.15) is 0 Å². The topological polar surface area (TPSA) is 88.2 Å². The predicted molar refractivity (Wildman–Crippen MR) is 99.1 cm³/mol. The lowest BCUT2D eigenvalue weighted by Crippen LogP contribution is -2.23. The van der Waals surface area contributed by atoms with Crippen molar-refractivity contribution in [3.8, 4) is 0 Å². The highest BCUT2D eigenvalue weighted by Crippen LogP contribution is 2.14. The smallest absolute Gasteiger partial charge is 0.255 e. The number of aromatic nitrogens is 1. The molecule has 0 saturated heterocycles. The molecule has 0 aliphatic heterocycles. The number of pyridine rings is 1. The number of carbonyl (C=O) groups is 1. The molecule has 3 rings (SSSR count). The molecule has 0 saturated carbocycles. The van der Waals surface area contributed by atoms with Crippen LogP contribution in [0.15, 0.2) is 84.0 Å². The summed E-state index contributed by atoms with van der Waals surface area (Å²) in [5.74, 6) is -0.375. The van der Waals surface area contributed by atoms with Gasteiger partial charge in [0.2, 0.25) is 10.0 Å². The highest BCUT2D eigenvalue weighted by atomic mass is 32.2. The molecule has 2 aromatic carbocycles. The Morgan fingerprint density at radius 2 is 1.77 bits per heavy atom. The molecule has 1 aromatic heterocycles. The van der Waals surface area contributed by atoms with E-state index in [1.54, 1.807) is 60.9 Å². The van der Waals surface area contributed by atoms with Gasteiger partial charge in [-0.25, -0.2) is 13.1 Å². The summed E-state index contributed by atoms with van der Waals surface area (Å²) in [7, 11) is -3.75. The van der Waals surface area contributed by atoms with Gasteiger partial charge in [0.05, 0.1) is 4.90 Å². The van der Waals surface area contributed by atoms with E-state index in [9.17, 15) is 13.2 Å². The molecule has 0 unspecified atom stereocenters. The van der Waals surface area contributed by atoms with Crippen LogP contribution in [0.5, 0.6) is 0 Å². The number of hydrogen-bond donors (Lipinski definition) is 2. The summed E-state index contributed by atoms with van der Waals surface area (Å²) in [6.07, 6.45) is 3.21. The second-order valence-electron chi connectivity index (χ2n) is 5.53. The molecule has 6 nitrogen and oxygen atoms in total. The van der Waals surface area contributed by atoms with Crippen LogP contribution in [0.1, 0.15) is 15.9 Å². The zero-order chi connectivity index (χ0) is 18.4. The summed E-state index contributed by atoms with van der Waals surface area (Å²) in [5, 5.41) is 2.73. The van der Waals surface area contributed by atoms with Gasteiger partial charge in [-0.05, 0) is 42.0 Å². The first-order chi connectivity index (χ1) is 12.5. The van der Waals surface area contributed by atoms with Gasteiger partial charge >= 0.3 is 0 Å². The number of para-hydroxylation sites is 1. The molecule has 7 heteroatoms. The molecule has 0 bridgehead atoms. The Morgan fingerprint density at radius 1 is 0.962 bits per heavy atom. The Labute approximate surface area is 152 Å². The van der Waals surface area contributed by atoms with Gasteiger partial charge in [0.25, 0.3) is 5.91 Å². The number of anilines is 1. The maximum Gasteiger partial charge on any atom is 0.255 e. The molecule has 0 aliphatic rings. The molecule has 0 radical (unpaired) electrons. The third-order valence-corrected chi connectivity index (χ3v) is 5.03. The second-order valence-corrected chi connectivity index (χ2v) is 7.30. The van der Waals surface area contributed by atoms with Crippen molar-refractivity contribution in [1.29, 1.82) is 0 Å². The molecule has 0 aliphatic carbocycles. The maximum absolute atomic E-state index is 12.5. The number of hydrogen-bond acceptors (Lipinski definition) is 4. The van der Waals surface area contributed by atoms with Gasteiger partial charge in [-0.15, -0.1) is 0 Å². The van der Waals surface area contributed by atoms with Crippen molar-refractivity contribution in [3.63, 3.8) is 0 Å². The van der Waals surface area contributed by atoms with E-state index in [4.69, 9.17) is 0 Å². The van der Waals surface area contributed by atoms with E-state index >= 15 is 0 Å². The number of nitrogens with one attached hydrogen (secondary N) is 2. The summed E-state index contributed by atoms with van der Waals surface area (Å²) in [6, 6.07) is 18.4. The molecule has 2 N–H and O–H groups in total. The van der Waals surface area contributed by atoms with E-state index in [2.05, 4.69) is 15.0 Å². The molecular formula is C19H17N3O3S. The van der Waals surface area contributed by atoms with E-state index < -0.39 is 10.0 Å². The fourth-order valence-corrected chi connectivity index (χ4v) is 3.36. The first kappa shape index (κ1) is 17.8. The van der Waals surface area contributed by atoms with E-state index in [0.717, 1.165) is 5.56 Å². The Kier molecular flexibility index (Phi) is 5.40. The minimum absolute atomic E-state index is 0.0297. The fourth-order valence-electron chi connectivity index (χ4n) is 2.29. The minimum Gasteiger partial charge on any atom is -0.322 e. The number of rotatable bonds is 6. The van der Waals surface area contributed by atoms with Crippen LogP contribution in [0.25, 0.3) is 0 Å². The largest absolute Gasteiger partial charge is 0.322 e. The van der Waals surface area contributed by atoms with Crippen molar-refractivity contribution >= 4 is 21.6 Å². The molecule has 1 amide bonds. The van der Waals surface area contributed by atoms with Gasteiger partial charge in [0.15, 0.2) is 0 Å². The zero-order valence-corrected chi connectivity index (χ0v) is 14.6. The summed E-state index contributed by atoms with van der Waals surface area (Å²) >= 11 is 0. The van der Waals surface area contributed by atoms with Crippen LogP contribution in [0, 0.1) is 0 Å². The summed E-state index contributed by atoms with van der Waals surface area (Å²) in [6.45, 7) is 0.122. The van der Waals surface area contributed by atoms with Crippen molar-refractivity contribution in [3.05, 3.63) is 90.3 Å². The second kappa shape index (κ2) is 7.90. The van der Waals surface area contributed by atoms with Crippen LogP contribution in [-0.2, 0) is 16.6 Å². The number of benzene rings is 2. The van der Waals surface area contributed by atoms with Crippen molar-refractivity contribution in [1.82, 2.24) is 9.71 Å². The lowest BCUT2D eigenvalue weighted by atomic mass is 10.2. The number of sulfonamides is 1. The Hall–Kier alpha value is -3.03. The van der Waals surface area contributed by atoms with Crippen LogP contribution < -0.4 is 10.0 Å². The van der Waals surface area contributed by atoms with Crippen molar-refractivity contribution in [2.45, 2.75) is 11.4 Å². The molecule has 3 aromatic rings. The predicted octanol–water partition coefficient (Wildman–Crippen LogP) is 2.81. The van der Waals surface area contributed by atoms with E-state index in [1.165, 1.54) is 12.1 Å². The molecule has 0 atom stereocenters. The molecule has 1 heterocycles. The van der Waals surface area contributed by atoms with Crippen LogP contribution in [0.3, 0.4) is 0 Å². The van der Waals surface area contributed by atoms with Gasteiger partial charge < -0.3 is 5.32 Å². The van der Waals surface area contributed by atoms with E-state index in [0.29, 0.717) is 5.69 Å². The van der Waals surface area contributed by atoms with Crippen LogP contribution in [0.4, 0.5) is 5.69 Å². The lowest BCUT2D eigenvalue weighted by molar-refractivity contribution is 0.102. The maximum atomic E-state index is 12.5. The summed E-state index contributed by atoms with van der Waals surface area (Å²) in [4.78, 5) is 16.3. The quantitative estimate of drug-likeness (QED) is 0.701. The van der Waals surface area contributed by atoms with Crippen molar-refractivity contribution in [2.24, 2.45) is 0 Å². The number of nitrogens with zero attached hydrogens (tertiary/aromatic N) is 1. The average Bonchev–Trinajstić information content (AvgIpc) is 2.68. The van der Waals surface area contributed by atoms with Gasteiger partial charge in [-0.3, -0.25) is 9.78 Å². The number of carbonyl (C=O) groups excluding carboxylic acids is 1. The van der Waals surface area contributed by atoms with Crippen molar-refractivity contribution in [2.75, 3.05) is 5.32 Å².